The van der Waals surface area contributed by atoms with Gasteiger partial charge in [0, 0.05) is 5.92 Å². The van der Waals surface area contributed by atoms with Gasteiger partial charge in [0.15, 0.2) is 5.56 Å². The zero-order valence-corrected chi connectivity index (χ0v) is 19.2. The number of rotatable bonds is 3. The van der Waals surface area contributed by atoms with Crippen LogP contribution >= 0.6 is 11.6 Å². The molecule has 0 aliphatic heterocycles. The van der Waals surface area contributed by atoms with Crippen molar-refractivity contribution in [3.05, 3.63) is 0 Å². The SMILES string of the molecule is CC(=O)[C@H]1CC[C@H]2[C@@H]3CC[C@H]4C[C@@H](OC(=O)OC(C)Cl)CC[C@]4(C)[C@H]3CC[C@]12C. The molecule has 164 valence electrons. The van der Waals surface area contributed by atoms with Crippen LogP contribution in [0.3, 0.4) is 0 Å². The Bertz CT molecular complexity index is 663. The summed E-state index contributed by atoms with van der Waals surface area (Å²) in [6, 6.07) is 0. The molecule has 0 N–H and O–H groups in total. The molecule has 4 rings (SSSR count). The third-order valence-electron chi connectivity index (χ3n) is 9.63. The fourth-order valence-corrected chi connectivity index (χ4v) is 8.36. The summed E-state index contributed by atoms with van der Waals surface area (Å²) in [5, 5.41) is 0. The highest BCUT2D eigenvalue weighted by Gasteiger charge is 2.60. The third kappa shape index (κ3) is 3.62. The second-order valence-corrected chi connectivity index (χ2v) is 11.5. The van der Waals surface area contributed by atoms with E-state index in [4.69, 9.17) is 21.1 Å². The average molecular weight is 425 g/mol. The van der Waals surface area contributed by atoms with E-state index in [1.165, 1.54) is 32.1 Å². The number of carbonyl (C=O) groups is 2. The average Bonchev–Trinajstić information content (AvgIpc) is 2.98. The topological polar surface area (TPSA) is 52.6 Å². The highest BCUT2D eigenvalue weighted by Crippen LogP contribution is 2.67. The van der Waals surface area contributed by atoms with Crippen LogP contribution in [0.5, 0.6) is 0 Å². The summed E-state index contributed by atoms with van der Waals surface area (Å²) in [6.45, 7) is 8.35. The van der Waals surface area contributed by atoms with Crippen molar-refractivity contribution >= 4 is 23.5 Å². The van der Waals surface area contributed by atoms with E-state index in [0.29, 0.717) is 23.0 Å². The highest BCUT2D eigenvalue weighted by atomic mass is 35.5. The van der Waals surface area contributed by atoms with E-state index in [2.05, 4.69) is 13.8 Å². The first kappa shape index (κ1) is 21.5. The molecule has 0 saturated heterocycles. The van der Waals surface area contributed by atoms with Gasteiger partial charge in [-0.05, 0) is 106 Å². The van der Waals surface area contributed by atoms with Gasteiger partial charge < -0.3 is 9.47 Å². The summed E-state index contributed by atoms with van der Waals surface area (Å²) < 4.78 is 10.5. The first-order chi connectivity index (χ1) is 13.6. The Hall–Kier alpha value is -0.770. The maximum atomic E-state index is 12.3. The van der Waals surface area contributed by atoms with Crippen molar-refractivity contribution in [2.75, 3.05) is 0 Å². The van der Waals surface area contributed by atoms with Crippen LogP contribution in [-0.4, -0.2) is 23.6 Å². The van der Waals surface area contributed by atoms with E-state index >= 15 is 0 Å². The van der Waals surface area contributed by atoms with Gasteiger partial charge in [-0.25, -0.2) is 4.79 Å². The largest absolute Gasteiger partial charge is 0.510 e. The monoisotopic (exact) mass is 424 g/mol. The van der Waals surface area contributed by atoms with Gasteiger partial charge in [0.25, 0.3) is 0 Å². The second-order valence-electron chi connectivity index (χ2n) is 10.9. The van der Waals surface area contributed by atoms with Crippen LogP contribution in [0, 0.1) is 40.4 Å². The van der Waals surface area contributed by atoms with E-state index in [-0.39, 0.29) is 17.4 Å². The Morgan fingerprint density at radius 1 is 0.966 bits per heavy atom. The number of hydrogen-bond acceptors (Lipinski definition) is 4. The van der Waals surface area contributed by atoms with Crippen LogP contribution in [-0.2, 0) is 14.3 Å². The number of fused-ring (bicyclic) bond motifs is 5. The quantitative estimate of drug-likeness (QED) is 0.391. The Kier molecular flexibility index (Phi) is 5.72. The minimum Gasteiger partial charge on any atom is -0.431 e. The van der Waals surface area contributed by atoms with E-state index in [0.717, 1.165) is 37.5 Å². The summed E-state index contributed by atoms with van der Waals surface area (Å²) in [6.07, 6.45) is 9.57. The first-order valence-corrected chi connectivity index (χ1v) is 12.1. The molecule has 0 aromatic heterocycles. The molecule has 0 bridgehead atoms. The maximum absolute atomic E-state index is 12.3. The fourth-order valence-electron chi connectivity index (χ4n) is 8.29. The van der Waals surface area contributed by atoms with Crippen LogP contribution in [0.4, 0.5) is 4.79 Å². The Balaban J connectivity index is 1.45. The molecule has 0 aromatic carbocycles. The van der Waals surface area contributed by atoms with E-state index < -0.39 is 11.7 Å². The molecule has 9 atom stereocenters. The van der Waals surface area contributed by atoms with E-state index in [1.54, 1.807) is 13.8 Å². The molecule has 4 saturated carbocycles. The first-order valence-electron chi connectivity index (χ1n) is 11.7. The Morgan fingerprint density at radius 3 is 2.34 bits per heavy atom. The van der Waals surface area contributed by atoms with E-state index in [1.807, 2.05) is 0 Å². The lowest BCUT2D eigenvalue weighted by Crippen LogP contribution is -2.54. The predicted molar refractivity (Wildman–Crippen MR) is 113 cm³/mol. The standard InChI is InChI=1S/C24H37ClO4/c1-14(26)19-7-8-20-18-6-5-16-13-17(29-22(27)28-15(2)25)9-11-23(16,3)21(18)10-12-24(19,20)4/h15-21H,5-13H2,1-4H3/t15?,16-,17-,18-,19+,20-,21-,23-,24+/m0/s1. The molecule has 4 nitrogen and oxygen atoms in total. The zero-order chi connectivity index (χ0) is 21.0. The van der Waals surface area contributed by atoms with Gasteiger partial charge in [-0.3, -0.25) is 4.79 Å². The highest BCUT2D eigenvalue weighted by molar-refractivity contribution is 6.19. The van der Waals surface area contributed by atoms with Crippen LogP contribution < -0.4 is 0 Å². The Labute approximate surface area is 180 Å². The lowest BCUT2D eigenvalue weighted by atomic mass is 9.44. The fraction of sp³-hybridized carbons (Fsp3) is 0.917. The normalized spacial score (nSPS) is 47.3. The molecule has 4 fully saturated rings. The summed E-state index contributed by atoms with van der Waals surface area (Å²) in [4.78, 5) is 24.2. The summed E-state index contributed by atoms with van der Waals surface area (Å²) in [5.74, 6) is 3.52. The summed E-state index contributed by atoms with van der Waals surface area (Å²) in [7, 11) is 0. The lowest BCUT2D eigenvalue weighted by molar-refractivity contribution is -0.140. The third-order valence-corrected chi connectivity index (χ3v) is 9.72. The van der Waals surface area contributed by atoms with E-state index in [9.17, 15) is 9.59 Å². The summed E-state index contributed by atoms with van der Waals surface area (Å²) >= 11 is 5.74. The molecule has 0 aromatic rings. The minimum atomic E-state index is -0.659. The van der Waals surface area contributed by atoms with Crippen molar-refractivity contribution in [2.45, 2.75) is 97.1 Å². The molecule has 0 heterocycles. The van der Waals surface area contributed by atoms with Gasteiger partial charge in [0.05, 0.1) is 0 Å². The molecule has 5 heteroatoms. The van der Waals surface area contributed by atoms with Gasteiger partial charge in [-0.2, -0.15) is 0 Å². The van der Waals surface area contributed by atoms with Crippen molar-refractivity contribution < 1.29 is 19.1 Å². The van der Waals surface area contributed by atoms with Crippen molar-refractivity contribution in [3.63, 3.8) is 0 Å². The number of Topliss-reactive ketones (excluding diaryl/α,β-unsaturated/α-hetero) is 1. The lowest BCUT2D eigenvalue weighted by Gasteiger charge is -2.61. The van der Waals surface area contributed by atoms with Crippen molar-refractivity contribution in [1.82, 2.24) is 0 Å². The Morgan fingerprint density at radius 2 is 1.66 bits per heavy atom. The van der Waals surface area contributed by atoms with Crippen LogP contribution in [0.25, 0.3) is 0 Å². The van der Waals surface area contributed by atoms with Gasteiger partial charge >= 0.3 is 6.16 Å². The molecule has 29 heavy (non-hydrogen) atoms. The smallest absolute Gasteiger partial charge is 0.431 e. The number of carbonyl (C=O) groups excluding carboxylic acids is 2. The maximum Gasteiger partial charge on any atom is 0.510 e. The number of hydrogen-bond donors (Lipinski definition) is 0. The van der Waals surface area contributed by atoms with Gasteiger partial charge in [0.2, 0.25) is 0 Å². The zero-order valence-electron chi connectivity index (χ0n) is 18.4. The van der Waals surface area contributed by atoms with Crippen LogP contribution in [0.2, 0.25) is 0 Å². The van der Waals surface area contributed by atoms with Crippen molar-refractivity contribution in [3.8, 4) is 0 Å². The second kappa shape index (κ2) is 7.73. The predicted octanol–water partition coefficient (Wildman–Crippen LogP) is 6.34. The molecular formula is C24H37ClO4. The van der Waals surface area contributed by atoms with Gasteiger partial charge in [-0.15, -0.1) is 0 Å². The summed E-state index contributed by atoms with van der Waals surface area (Å²) in [5.41, 5.74) is -0.103. The molecule has 0 radical (unpaired) electrons. The minimum absolute atomic E-state index is 0.0463. The molecule has 0 spiro atoms. The molecule has 0 amide bonds. The number of halogens is 1. The molecule has 4 aliphatic rings. The molecule has 4 aliphatic carbocycles. The molecule has 1 unspecified atom stereocenters. The van der Waals surface area contributed by atoms with Crippen molar-refractivity contribution in [2.24, 2.45) is 40.4 Å². The van der Waals surface area contributed by atoms with Crippen molar-refractivity contribution in [1.29, 1.82) is 0 Å². The van der Waals surface area contributed by atoms with Crippen LogP contribution in [0.1, 0.15) is 85.5 Å². The molecular weight excluding hydrogens is 388 g/mol. The number of ketones is 1. The number of alkyl halides is 1. The number of ether oxygens (including phenoxy) is 2. The van der Waals surface area contributed by atoms with Crippen LogP contribution in [0.15, 0.2) is 0 Å². The van der Waals surface area contributed by atoms with Gasteiger partial charge in [-0.1, -0.05) is 25.4 Å². The van der Waals surface area contributed by atoms with Gasteiger partial charge in [0.1, 0.15) is 11.9 Å².